The van der Waals surface area contributed by atoms with Crippen molar-refractivity contribution in [2.24, 2.45) is 0 Å². The summed E-state index contributed by atoms with van der Waals surface area (Å²) in [4.78, 5) is 17.6. The van der Waals surface area contributed by atoms with E-state index in [2.05, 4.69) is 10.3 Å². The number of carbonyl (C=O) groups excluding carboxylic acids is 1. The number of rotatable bonds is 5. The van der Waals surface area contributed by atoms with E-state index < -0.39 is 5.54 Å². The third kappa shape index (κ3) is 4.04. The van der Waals surface area contributed by atoms with E-state index >= 15 is 0 Å². The zero-order valence-corrected chi connectivity index (χ0v) is 17.2. The van der Waals surface area contributed by atoms with Crippen LogP contribution in [0.4, 0.5) is 0 Å². The highest BCUT2D eigenvalue weighted by molar-refractivity contribution is 6.33. The van der Waals surface area contributed by atoms with Gasteiger partial charge in [-0.05, 0) is 49.2 Å². The number of nitrogens with zero attached hydrogens (tertiary/aromatic N) is 2. The van der Waals surface area contributed by atoms with Crippen molar-refractivity contribution in [2.75, 3.05) is 6.61 Å². The molecule has 0 saturated heterocycles. The first-order chi connectivity index (χ1) is 14.0. The van der Waals surface area contributed by atoms with Crippen LogP contribution in [0.5, 0.6) is 0 Å². The maximum atomic E-state index is 13.0. The average Bonchev–Trinajstić information content (AvgIpc) is 3.37. The van der Waals surface area contributed by atoms with Crippen molar-refractivity contribution in [3.05, 3.63) is 70.5 Å². The van der Waals surface area contributed by atoms with Gasteiger partial charge in [-0.15, -0.1) is 0 Å². The van der Waals surface area contributed by atoms with Gasteiger partial charge in [-0.25, -0.2) is 4.98 Å². The molecule has 4 rings (SSSR count). The predicted molar refractivity (Wildman–Crippen MR) is 115 cm³/mol. The lowest BCUT2D eigenvalue weighted by Gasteiger charge is -2.27. The molecule has 1 aliphatic carbocycles. The molecule has 7 heteroatoms. The number of hydrogen-bond acceptors (Lipinski definition) is 3. The molecule has 0 spiro atoms. The van der Waals surface area contributed by atoms with Gasteiger partial charge < -0.3 is 10.4 Å². The Hall–Kier alpha value is -2.34. The first-order valence-electron chi connectivity index (χ1n) is 9.55. The number of aliphatic hydroxyl groups excluding tert-OH is 1. The van der Waals surface area contributed by atoms with Crippen LogP contribution in [0.1, 0.15) is 36.2 Å². The van der Waals surface area contributed by atoms with E-state index in [0.717, 1.165) is 36.9 Å². The van der Waals surface area contributed by atoms with E-state index in [-0.39, 0.29) is 18.2 Å². The molecule has 1 saturated carbocycles. The molecule has 0 atom stereocenters. The number of imidazole rings is 1. The smallest absolute Gasteiger partial charge is 0.272 e. The van der Waals surface area contributed by atoms with E-state index in [4.69, 9.17) is 23.2 Å². The highest BCUT2D eigenvalue weighted by Gasteiger charge is 2.35. The lowest BCUT2D eigenvalue weighted by Crippen LogP contribution is -2.49. The summed E-state index contributed by atoms with van der Waals surface area (Å²) < 4.78 is 1.83. The highest BCUT2D eigenvalue weighted by Crippen LogP contribution is 2.31. The van der Waals surface area contributed by atoms with Crippen LogP contribution in [0.2, 0.25) is 10.0 Å². The van der Waals surface area contributed by atoms with Gasteiger partial charge in [-0.2, -0.15) is 0 Å². The maximum absolute atomic E-state index is 13.0. The number of nitrogens with one attached hydrogen (secondary N) is 1. The molecule has 3 aromatic rings. The van der Waals surface area contributed by atoms with E-state index in [1.807, 2.05) is 34.9 Å². The van der Waals surface area contributed by atoms with E-state index in [1.54, 1.807) is 24.4 Å². The van der Waals surface area contributed by atoms with Crippen LogP contribution in [0.15, 0.2) is 54.7 Å². The molecule has 1 amide bonds. The minimum atomic E-state index is -0.564. The molecule has 2 aromatic carbocycles. The Labute approximate surface area is 179 Å². The quantitative estimate of drug-likeness (QED) is 0.606. The fraction of sp³-hybridized carbons (Fsp3) is 0.273. The van der Waals surface area contributed by atoms with Gasteiger partial charge in [-0.3, -0.25) is 9.36 Å². The van der Waals surface area contributed by atoms with Crippen LogP contribution in [0.3, 0.4) is 0 Å². The molecule has 0 unspecified atom stereocenters. The van der Waals surface area contributed by atoms with Crippen LogP contribution in [0, 0.1) is 0 Å². The Kier molecular flexibility index (Phi) is 5.63. The van der Waals surface area contributed by atoms with E-state index in [1.165, 1.54) is 0 Å². The number of amides is 1. The zero-order chi connectivity index (χ0) is 20.4. The number of halogens is 2. The normalized spacial score (nSPS) is 15.4. The minimum absolute atomic E-state index is 0.0754. The van der Waals surface area contributed by atoms with Crippen LogP contribution in [-0.4, -0.2) is 32.7 Å². The van der Waals surface area contributed by atoms with Crippen molar-refractivity contribution in [3.63, 3.8) is 0 Å². The Morgan fingerprint density at radius 1 is 1.10 bits per heavy atom. The van der Waals surface area contributed by atoms with Gasteiger partial charge in [-0.1, -0.05) is 48.2 Å². The monoisotopic (exact) mass is 429 g/mol. The number of aliphatic hydroxyl groups is 1. The second-order valence-corrected chi connectivity index (χ2v) is 8.22. The lowest BCUT2D eigenvalue weighted by atomic mass is 9.99. The van der Waals surface area contributed by atoms with Gasteiger partial charge in [0, 0.05) is 22.5 Å². The van der Waals surface area contributed by atoms with Gasteiger partial charge in [0.25, 0.3) is 5.91 Å². The maximum Gasteiger partial charge on any atom is 0.272 e. The minimum Gasteiger partial charge on any atom is -0.394 e. The molecular formula is C22H21Cl2N3O2. The second-order valence-electron chi connectivity index (χ2n) is 7.38. The molecular weight excluding hydrogens is 409 g/mol. The van der Waals surface area contributed by atoms with Crippen molar-refractivity contribution >= 4 is 29.1 Å². The fourth-order valence-electron chi connectivity index (χ4n) is 3.80. The van der Waals surface area contributed by atoms with Crippen molar-refractivity contribution < 1.29 is 9.90 Å². The van der Waals surface area contributed by atoms with Gasteiger partial charge in [0.05, 0.1) is 17.2 Å². The molecule has 150 valence electrons. The molecule has 2 N–H and O–H groups in total. The number of aromatic nitrogens is 2. The predicted octanol–water partition coefficient (Wildman–Crippen LogP) is 4.88. The topological polar surface area (TPSA) is 67.2 Å². The van der Waals surface area contributed by atoms with E-state index in [0.29, 0.717) is 15.9 Å². The van der Waals surface area contributed by atoms with Crippen molar-refractivity contribution in [1.29, 1.82) is 0 Å². The Bertz CT molecular complexity index is 1020. The first-order valence-corrected chi connectivity index (χ1v) is 10.3. The largest absolute Gasteiger partial charge is 0.394 e. The lowest BCUT2D eigenvalue weighted by molar-refractivity contribution is 0.0834. The summed E-state index contributed by atoms with van der Waals surface area (Å²) in [5, 5.41) is 14.0. The Morgan fingerprint density at radius 3 is 2.45 bits per heavy atom. The van der Waals surface area contributed by atoms with Crippen molar-refractivity contribution in [3.8, 4) is 17.1 Å². The summed E-state index contributed by atoms with van der Waals surface area (Å²) in [6, 6.07) is 14.7. The molecule has 29 heavy (non-hydrogen) atoms. The Balaban J connectivity index is 1.76. The third-order valence-corrected chi connectivity index (χ3v) is 5.98. The van der Waals surface area contributed by atoms with Crippen molar-refractivity contribution in [2.45, 2.75) is 31.2 Å². The molecule has 0 bridgehead atoms. The highest BCUT2D eigenvalue weighted by atomic mass is 35.5. The number of carbonyl (C=O) groups is 1. The molecule has 1 aliphatic rings. The second kappa shape index (κ2) is 8.19. The number of hydrogen-bond donors (Lipinski definition) is 2. The van der Waals surface area contributed by atoms with Gasteiger partial charge in [0.1, 0.15) is 11.5 Å². The van der Waals surface area contributed by atoms with Crippen molar-refractivity contribution in [1.82, 2.24) is 14.9 Å². The van der Waals surface area contributed by atoms with Gasteiger partial charge >= 0.3 is 0 Å². The molecule has 0 radical (unpaired) electrons. The average molecular weight is 430 g/mol. The van der Waals surface area contributed by atoms with Crippen LogP contribution in [0.25, 0.3) is 17.1 Å². The molecule has 5 nitrogen and oxygen atoms in total. The summed E-state index contributed by atoms with van der Waals surface area (Å²) in [6.07, 6.45) is 5.21. The standard InChI is InChI=1S/C22H21Cl2N3O2/c23-15-7-9-16(10-8-15)27-13-19(21(29)26-22(14-28)11-3-4-12-22)25-20(27)17-5-1-2-6-18(17)24/h1-2,5-10,13,28H,3-4,11-12,14H2,(H,26,29). The summed E-state index contributed by atoms with van der Waals surface area (Å²) >= 11 is 12.4. The van der Waals surface area contributed by atoms with Crippen LogP contribution < -0.4 is 5.32 Å². The first kappa shape index (κ1) is 20.0. The summed E-state index contributed by atoms with van der Waals surface area (Å²) in [5.41, 5.74) is 1.25. The molecule has 0 aliphatic heterocycles. The van der Waals surface area contributed by atoms with Gasteiger partial charge in [0.15, 0.2) is 0 Å². The SMILES string of the molecule is O=C(NC1(CO)CCCC1)c1cn(-c2ccc(Cl)cc2)c(-c2ccccc2Cl)n1. The van der Waals surface area contributed by atoms with Crippen LogP contribution in [-0.2, 0) is 0 Å². The summed E-state index contributed by atoms with van der Waals surface area (Å²) in [7, 11) is 0. The summed E-state index contributed by atoms with van der Waals surface area (Å²) in [6.45, 7) is -0.0754. The van der Waals surface area contributed by atoms with E-state index in [9.17, 15) is 9.90 Å². The summed E-state index contributed by atoms with van der Waals surface area (Å²) in [5.74, 6) is 0.259. The zero-order valence-electron chi connectivity index (χ0n) is 15.7. The van der Waals surface area contributed by atoms with Gasteiger partial charge in [0.2, 0.25) is 0 Å². The Morgan fingerprint density at radius 2 is 1.79 bits per heavy atom. The molecule has 1 heterocycles. The number of benzene rings is 2. The fourth-order valence-corrected chi connectivity index (χ4v) is 4.15. The van der Waals surface area contributed by atoms with Crippen LogP contribution >= 0.6 is 23.2 Å². The third-order valence-electron chi connectivity index (χ3n) is 5.40. The molecule has 1 aromatic heterocycles. The molecule has 1 fully saturated rings.